The standard InChI is InChI=1S/C17H16N4OS/c18-10-4-5-12-23-17-20-19-16(15-9-6-11-22-15)21(17)13-14-7-2-1-3-8-14/h1-3,6-9,11H,4-5,12-13H2. The highest BCUT2D eigenvalue weighted by Gasteiger charge is 2.16. The first-order chi connectivity index (χ1) is 11.4. The van der Waals surface area contributed by atoms with Gasteiger partial charge in [-0.15, -0.1) is 10.2 Å². The number of rotatable bonds is 7. The zero-order valence-corrected chi connectivity index (χ0v) is 13.4. The summed E-state index contributed by atoms with van der Waals surface area (Å²) in [5.74, 6) is 2.28. The molecule has 0 unspecified atom stereocenters. The van der Waals surface area contributed by atoms with E-state index in [9.17, 15) is 0 Å². The number of hydrogen-bond donors (Lipinski definition) is 0. The fourth-order valence-corrected chi connectivity index (χ4v) is 3.08. The Morgan fingerprint density at radius 3 is 2.74 bits per heavy atom. The van der Waals surface area contributed by atoms with Gasteiger partial charge in [-0.1, -0.05) is 42.1 Å². The van der Waals surface area contributed by atoms with Crippen LogP contribution in [0.15, 0.2) is 58.3 Å². The number of hydrogen-bond acceptors (Lipinski definition) is 5. The lowest BCUT2D eigenvalue weighted by molar-refractivity contribution is 0.569. The van der Waals surface area contributed by atoms with Crippen molar-refractivity contribution in [2.75, 3.05) is 5.75 Å². The number of thioether (sulfide) groups is 1. The largest absolute Gasteiger partial charge is 0.461 e. The van der Waals surface area contributed by atoms with E-state index in [1.165, 1.54) is 5.56 Å². The van der Waals surface area contributed by atoms with Gasteiger partial charge in [-0.25, -0.2) is 0 Å². The van der Waals surface area contributed by atoms with Crippen LogP contribution in [0.2, 0.25) is 0 Å². The van der Waals surface area contributed by atoms with Crippen molar-refractivity contribution in [1.29, 1.82) is 5.26 Å². The van der Waals surface area contributed by atoms with Gasteiger partial charge >= 0.3 is 0 Å². The van der Waals surface area contributed by atoms with E-state index in [1.807, 2.05) is 30.3 Å². The molecule has 3 rings (SSSR count). The van der Waals surface area contributed by atoms with Crippen LogP contribution in [0.3, 0.4) is 0 Å². The van der Waals surface area contributed by atoms with Crippen molar-refractivity contribution in [2.45, 2.75) is 24.5 Å². The first kappa shape index (κ1) is 15.4. The average molecular weight is 324 g/mol. The maximum absolute atomic E-state index is 8.64. The van der Waals surface area contributed by atoms with Crippen molar-refractivity contribution >= 4 is 11.8 Å². The Labute approximate surface area is 139 Å². The highest BCUT2D eigenvalue weighted by atomic mass is 32.2. The number of furan rings is 1. The minimum atomic E-state index is 0.560. The molecule has 0 radical (unpaired) electrons. The van der Waals surface area contributed by atoms with E-state index in [4.69, 9.17) is 9.68 Å². The molecule has 0 spiro atoms. The second-order valence-electron chi connectivity index (χ2n) is 4.97. The van der Waals surface area contributed by atoms with E-state index in [0.29, 0.717) is 18.7 Å². The monoisotopic (exact) mass is 324 g/mol. The van der Waals surface area contributed by atoms with Crippen molar-refractivity contribution in [3.05, 3.63) is 54.3 Å². The van der Waals surface area contributed by atoms with Crippen LogP contribution in [0.1, 0.15) is 18.4 Å². The summed E-state index contributed by atoms with van der Waals surface area (Å²) in [5.41, 5.74) is 1.18. The van der Waals surface area contributed by atoms with Crippen molar-refractivity contribution < 1.29 is 4.42 Å². The molecule has 0 saturated carbocycles. The second kappa shape index (κ2) is 7.65. The van der Waals surface area contributed by atoms with E-state index in [0.717, 1.165) is 23.2 Å². The summed E-state index contributed by atoms with van der Waals surface area (Å²) in [7, 11) is 0. The Morgan fingerprint density at radius 1 is 1.13 bits per heavy atom. The van der Waals surface area contributed by atoms with E-state index in [1.54, 1.807) is 18.0 Å². The molecule has 0 aliphatic heterocycles. The Hall–Kier alpha value is -2.52. The minimum absolute atomic E-state index is 0.560. The Morgan fingerprint density at radius 2 is 2.00 bits per heavy atom. The molecule has 6 heteroatoms. The van der Waals surface area contributed by atoms with Crippen LogP contribution in [0, 0.1) is 11.3 Å². The van der Waals surface area contributed by atoms with Crippen LogP contribution in [0.4, 0.5) is 0 Å². The van der Waals surface area contributed by atoms with Gasteiger partial charge < -0.3 is 4.42 Å². The van der Waals surface area contributed by atoms with Gasteiger partial charge in [0.15, 0.2) is 10.9 Å². The molecule has 0 aliphatic rings. The summed E-state index contributed by atoms with van der Waals surface area (Å²) in [5, 5.41) is 18.1. The van der Waals surface area contributed by atoms with E-state index in [-0.39, 0.29) is 0 Å². The maximum Gasteiger partial charge on any atom is 0.200 e. The van der Waals surface area contributed by atoms with Crippen LogP contribution in [-0.2, 0) is 6.54 Å². The minimum Gasteiger partial charge on any atom is -0.461 e. The molecule has 0 saturated heterocycles. The third kappa shape index (κ3) is 3.82. The zero-order valence-electron chi connectivity index (χ0n) is 12.6. The van der Waals surface area contributed by atoms with Crippen LogP contribution in [0.25, 0.3) is 11.6 Å². The molecule has 5 nitrogen and oxygen atoms in total. The van der Waals surface area contributed by atoms with E-state index >= 15 is 0 Å². The van der Waals surface area contributed by atoms with Gasteiger partial charge in [-0.2, -0.15) is 5.26 Å². The molecule has 0 bridgehead atoms. The molecule has 0 aliphatic carbocycles. The van der Waals surface area contributed by atoms with Crippen molar-refractivity contribution in [3.8, 4) is 17.7 Å². The molecule has 2 heterocycles. The molecule has 0 fully saturated rings. The third-order valence-corrected chi connectivity index (χ3v) is 4.36. The molecule has 3 aromatic rings. The first-order valence-electron chi connectivity index (χ1n) is 7.39. The predicted molar refractivity (Wildman–Crippen MR) is 88.8 cm³/mol. The predicted octanol–water partition coefficient (Wildman–Crippen LogP) is 3.98. The van der Waals surface area contributed by atoms with E-state index < -0.39 is 0 Å². The fourth-order valence-electron chi connectivity index (χ4n) is 2.21. The Bertz CT molecular complexity index is 775. The van der Waals surface area contributed by atoms with Crippen LogP contribution in [-0.4, -0.2) is 20.5 Å². The summed E-state index contributed by atoms with van der Waals surface area (Å²) in [6, 6.07) is 16.1. The van der Waals surface area contributed by atoms with Gasteiger partial charge in [0.05, 0.1) is 18.9 Å². The summed E-state index contributed by atoms with van der Waals surface area (Å²) in [4.78, 5) is 0. The number of benzene rings is 1. The second-order valence-corrected chi connectivity index (χ2v) is 6.03. The number of nitrogens with zero attached hydrogens (tertiary/aromatic N) is 4. The van der Waals surface area contributed by atoms with Gasteiger partial charge in [0, 0.05) is 12.2 Å². The summed E-state index contributed by atoms with van der Waals surface area (Å²) in [6.07, 6.45) is 3.04. The van der Waals surface area contributed by atoms with Gasteiger partial charge in [0.25, 0.3) is 0 Å². The average Bonchev–Trinajstić information content (AvgIpc) is 3.23. The van der Waals surface area contributed by atoms with Crippen LogP contribution in [0.5, 0.6) is 0 Å². The Balaban J connectivity index is 1.86. The topological polar surface area (TPSA) is 67.6 Å². The van der Waals surface area contributed by atoms with E-state index in [2.05, 4.69) is 33.0 Å². The summed E-state index contributed by atoms with van der Waals surface area (Å²) >= 11 is 1.62. The molecule has 0 N–H and O–H groups in total. The van der Waals surface area contributed by atoms with Gasteiger partial charge in [-0.05, 0) is 24.1 Å². The van der Waals surface area contributed by atoms with Crippen LogP contribution >= 0.6 is 11.8 Å². The molecule has 2 aromatic heterocycles. The highest BCUT2D eigenvalue weighted by molar-refractivity contribution is 7.99. The maximum atomic E-state index is 8.64. The number of unbranched alkanes of at least 4 members (excludes halogenated alkanes) is 1. The Kier molecular flexibility index (Phi) is 5.12. The van der Waals surface area contributed by atoms with Crippen molar-refractivity contribution in [1.82, 2.24) is 14.8 Å². The zero-order chi connectivity index (χ0) is 15.9. The number of aromatic nitrogens is 3. The van der Waals surface area contributed by atoms with Crippen LogP contribution < -0.4 is 0 Å². The molecular formula is C17H16N4OS. The lowest BCUT2D eigenvalue weighted by atomic mass is 10.2. The normalized spacial score (nSPS) is 10.6. The van der Waals surface area contributed by atoms with Crippen molar-refractivity contribution in [3.63, 3.8) is 0 Å². The first-order valence-corrected chi connectivity index (χ1v) is 8.38. The van der Waals surface area contributed by atoms with Gasteiger partial charge in [0.2, 0.25) is 5.82 Å². The summed E-state index contributed by atoms with van der Waals surface area (Å²) < 4.78 is 7.54. The lowest BCUT2D eigenvalue weighted by Gasteiger charge is -2.09. The smallest absolute Gasteiger partial charge is 0.200 e. The highest BCUT2D eigenvalue weighted by Crippen LogP contribution is 2.26. The molecular weight excluding hydrogens is 308 g/mol. The van der Waals surface area contributed by atoms with Gasteiger partial charge in [-0.3, -0.25) is 4.57 Å². The number of nitriles is 1. The SMILES string of the molecule is N#CCCCSc1nnc(-c2ccco2)n1Cc1ccccc1. The molecule has 23 heavy (non-hydrogen) atoms. The lowest BCUT2D eigenvalue weighted by Crippen LogP contribution is -2.04. The van der Waals surface area contributed by atoms with Crippen molar-refractivity contribution in [2.24, 2.45) is 0 Å². The quantitative estimate of drug-likeness (QED) is 0.486. The third-order valence-electron chi connectivity index (χ3n) is 3.31. The summed E-state index contributed by atoms with van der Waals surface area (Å²) in [6.45, 7) is 0.685. The molecule has 116 valence electrons. The molecule has 0 amide bonds. The molecule has 1 aromatic carbocycles. The molecule has 0 atom stereocenters. The fraction of sp³-hybridized carbons (Fsp3) is 0.235. The van der Waals surface area contributed by atoms with Gasteiger partial charge in [0.1, 0.15) is 0 Å².